The molecule has 0 amide bonds. The van der Waals surface area contributed by atoms with Gasteiger partial charge in [0, 0.05) is 26.2 Å². The Morgan fingerprint density at radius 2 is 2.00 bits per heavy atom. The van der Waals surface area contributed by atoms with Crippen LogP contribution in [-0.2, 0) is 10.2 Å². The fourth-order valence-corrected chi connectivity index (χ4v) is 2.61. The maximum Gasteiger partial charge on any atom is 0.279 e. The minimum Gasteiger partial charge on any atom is -0.313 e. The Bertz CT molecular complexity index is 307. The molecule has 5 nitrogen and oxygen atoms in total. The summed E-state index contributed by atoms with van der Waals surface area (Å²) in [5.41, 5.74) is 0. The summed E-state index contributed by atoms with van der Waals surface area (Å²) in [6.45, 7) is 5.90. The van der Waals surface area contributed by atoms with Crippen molar-refractivity contribution in [2.75, 3.05) is 26.7 Å². The van der Waals surface area contributed by atoms with E-state index in [1.807, 2.05) is 13.8 Å². The van der Waals surface area contributed by atoms with Crippen LogP contribution in [0.4, 0.5) is 0 Å². The molecule has 0 radical (unpaired) electrons. The minimum absolute atomic E-state index is 0. The van der Waals surface area contributed by atoms with Crippen LogP contribution >= 0.6 is 12.4 Å². The van der Waals surface area contributed by atoms with Crippen molar-refractivity contribution < 1.29 is 8.42 Å². The number of nitrogens with zero attached hydrogens (tertiary/aromatic N) is 1. The van der Waals surface area contributed by atoms with Gasteiger partial charge in [-0.15, -0.1) is 12.4 Å². The first-order chi connectivity index (χ1) is 7.45. The summed E-state index contributed by atoms with van der Waals surface area (Å²) in [4.78, 5) is 0. The van der Waals surface area contributed by atoms with Gasteiger partial charge in [0.15, 0.2) is 0 Å². The number of hydrogen-bond donors (Lipinski definition) is 2. The van der Waals surface area contributed by atoms with Gasteiger partial charge in [0.05, 0.1) is 0 Å². The molecule has 1 rings (SSSR count). The maximum absolute atomic E-state index is 11.8. The first kappa shape index (κ1) is 17.1. The van der Waals surface area contributed by atoms with Crippen LogP contribution in [0.5, 0.6) is 0 Å². The van der Waals surface area contributed by atoms with Crippen molar-refractivity contribution in [2.24, 2.45) is 5.92 Å². The second kappa shape index (κ2) is 7.53. The predicted molar refractivity (Wildman–Crippen MR) is 72.7 cm³/mol. The molecule has 1 saturated carbocycles. The second-order valence-corrected chi connectivity index (χ2v) is 6.40. The molecule has 0 heterocycles. The molecule has 1 aliphatic carbocycles. The summed E-state index contributed by atoms with van der Waals surface area (Å²) < 4.78 is 27.6. The lowest BCUT2D eigenvalue weighted by Crippen LogP contribution is -2.44. The highest BCUT2D eigenvalue weighted by Crippen LogP contribution is 2.29. The molecule has 104 valence electrons. The first-order valence-corrected chi connectivity index (χ1v) is 7.34. The zero-order valence-electron chi connectivity index (χ0n) is 10.8. The van der Waals surface area contributed by atoms with Crippen molar-refractivity contribution in [2.45, 2.75) is 32.7 Å². The summed E-state index contributed by atoms with van der Waals surface area (Å²) >= 11 is 0. The van der Waals surface area contributed by atoms with E-state index in [9.17, 15) is 8.42 Å². The molecule has 0 aromatic rings. The Morgan fingerprint density at radius 3 is 2.47 bits per heavy atom. The Labute approximate surface area is 111 Å². The Balaban J connectivity index is 0.00000256. The fraction of sp³-hybridized carbons (Fsp3) is 1.00. The van der Waals surface area contributed by atoms with Gasteiger partial charge in [-0.25, -0.2) is 4.72 Å². The lowest BCUT2D eigenvalue weighted by molar-refractivity contribution is 0.436. The average Bonchev–Trinajstić information content (AvgIpc) is 2.99. The van der Waals surface area contributed by atoms with Gasteiger partial charge < -0.3 is 5.32 Å². The van der Waals surface area contributed by atoms with Gasteiger partial charge >= 0.3 is 0 Å². The van der Waals surface area contributed by atoms with Crippen molar-refractivity contribution in [1.29, 1.82) is 0 Å². The number of likely N-dealkylation sites (N-methyl/N-ethyl adjacent to an activating group) is 1. The third-order valence-corrected chi connectivity index (χ3v) is 4.25. The Hall–Kier alpha value is 0.120. The van der Waals surface area contributed by atoms with E-state index >= 15 is 0 Å². The van der Waals surface area contributed by atoms with E-state index in [0.29, 0.717) is 19.0 Å². The van der Waals surface area contributed by atoms with Crippen LogP contribution in [0.1, 0.15) is 26.7 Å². The highest BCUT2D eigenvalue weighted by atomic mass is 35.5. The van der Waals surface area contributed by atoms with Crippen molar-refractivity contribution in [3.8, 4) is 0 Å². The normalized spacial score (nSPS) is 17.9. The van der Waals surface area contributed by atoms with Gasteiger partial charge in [-0.2, -0.15) is 12.7 Å². The monoisotopic (exact) mass is 285 g/mol. The van der Waals surface area contributed by atoms with E-state index in [1.54, 1.807) is 7.05 Å². The summed E-state index contributed by atoms with van der Waals surface area (Å²) in [5.74, 6) is 0.577. The van der Waals surface area contributed by atoms with Gasteiger partial charge in [0.25, 0.3) is 10.2 Å². The average molecular weight is 286 g/mol. The van der Waals surface area contributed by atoms with Gasteiger partial charge in [-0.05, 0) is 32.2 Å². The molecular formula is C10H24ClN3O2S. The highest BCUT2D eigenvalue weighted by Gasteiger charge is 2.27. The molecular weight excluding hydrogens is 262 g/mol. The standard InChI is InChI=1S/C10H23N3O2S.ClH/c1-4-11-9(2)7-12-16(14,15)13(3)8-10-5-6-10;/h9-12H,4-8H2,1-3H3;1H/t9-;/m1./s1. The largest absolute Gasteiger partial charge is 0.313 e. The molecule has 7 heteroatoms. The fourth-order valence-electron chi connectivity index (χ4n) is 1.52. The third kappa shape index (κ3) is 6.57. The molecule has 0 aromatic heterocycles. The Morgan fingerprint density at radius 1 is 1.41 bits per heavy atom. The predicted octanol–water partition coefficient (Wildman–Crippen LogP) is 0.582. The number of hydrogen-bond acceptors (Lipinski definition) is 3. The van der Waals surface area contributed by atoms with Crippen molar-refractivity contribution >= 4 is 22.6 Å². The van der Waals surface area contributed by atoms with E-state index in [-0.39, 0.29) is 18.4 Å². The zero-order valence-corrected chi connectivity index (χ0v) is 12.4. The summed E-state index contributed by atoms with van der Waals surface area (Å²) in [5, 5.41) is 3.16. The number of rotatable bonds is 8. The van der Waals surface area contributed by atoms with Gasteiger partial charge in [-0.1, -0.05) is 6.92 Å². The minimum atomic E-state index is -3.29. The first-order valence-electron chi connectivity index (χ1n) is 5.90. The molecule has 1 fully saturated rings. The van der Waals surface area contributed by atoms with Crippen LogP contribution in [0.3, 0.4) is 0 Å². The smallest absolute Gasteiger partial charge is 0.279 e. The summed E-state index contributed by atoms with van der Waals surface area (Å²) in [6.07, 6.45) is 2.32. The lowest BCUT2D eigenvalue weighted by Gasteiger charge is -2.19. The summed E-state index contributed by atoms with van der Waals surface area (Å²) in [6, 6.07) is 0.161. The van der Waals surface area contributed by atoms with Crippen molar-refractivity contribution in [1.82, 2.24) is 14.3 Å². The zero-order chi connectivity index (χ0) is 12.2. The molecule has 2 N–H and O–H groups in total. The van der Waals surface area contributed by atoms with Gasteiger partial charge in [0.2, 0.25) is 0 Å². The van der Waals surface area contributed by atoms with Crippen LogP contribution in [0.15, 0.2) is 0 Å². The summed E-state index contributed by atoms with van der Waals surface area (Å²) in [7, 11) is -1.65. The highest BCUT2D eigenvalue weighted by molar-refractivity contribution is 7.87. The van der Waals surface area contributed by atoms with Crippen molar-refractivity contribution in [3.63, 3.8) is 0 Å². The quantitative estimate of drug-likeness (QED) is 0.686. The van der Waals surface area contributed by atoms with Crippen LogP contribution in [-0.4, -0.2) is 45.4 Å². The third-order valence-electron chi connectivity index (χ3n) is 2.75. The molecule has 0 bridgehead atoms. The van der Waals surface area contributed by atoms with E-state index in [2.05, 4.69) is 10.0 Å². The van der Waals surface area contributed by atoms with Crippen LogP contribution in [0, 0.1) is 5.92 Å². The van der Waals surface area contributed by atoms with E-state index < -0.39 is 10.2 Å². The maximum atomic E-state index is 11.8. The molecule has 0 aromatic carbocycles. The van der Waals surface area contributed by atoms with Crippen LogP contribution < -0.4 is 10.0 Å². The van der Waals surface area contributed by atoms with Crippen LogP contribution in [0.25, 0.3) is 0 Å². The second-order valence-electron chi connectivity index (χ2n) is 4.54. The Kier molecular flexibility index (Phi) is 7.58. The molecule has 1 atom stereocenters. The van der Waals surface area contributed by atoms with E-state index in [1.165, 1.54) is 4.31 Å². The SMILES string of the molecule is CCN[C@H](C)CNS(=O)(=O)N(C)CC1CC1.Cl. The molecule has 0 aliphatic heterocycles. The lowest BCUT2D eigenvalue weighted by atomic mass is 10.3. The molecule has 0 saturated heterocycles. The topological polar surface area (TPSA) is 61.4 Å². The van der Waals surface area contributed by atoms with E-state index in [0.717, 1.165) is 19.4 Å². The van der Waals surface area contributed by atoms with Gasteiger partial charge in [-0.3, -0.25) is 0 Å². The van der Waals surface area contributed by atoms with Crippen molar-refractivity contribution in [3.05, 3.63) is 0 Å². The molecule has 0 spiro atoms. The van der Waals surface area contributed by atoms with E-state index in [4.69, 9.17) is 0 Å². The van der Waals surface area contributed by atoms with Gasteiger partial charge in [0.1, 0.15) is 0 Å². The molecule has 0 unspecified atom stereocenters. The number of halogens is 1. The molecule has 1 aliphatic rings. The van der Waals surface area contributed by atoms with Crippen LogP contribution in [0.2, 0.25) is 0 Å². The number of nitrogens with one attached hydrogen (secondary N) is 2. The molecule has 17 heavy (non-hydrogen) atoms.